The molecular formula is C17H18O3. The van der Waals surface area contributed by atoms with Gasteiger partial charge in [0.15, 0.2) is 0 Å². The van der Waals surface area contributed by atoms with Crippen LogP contribution in [0.2, 0.25) is 0 Å². The van der Waals surface area contributed by atoms with Gasteiger partial charge in [-0.3, -0.25) is 0 Å². The van der Waals surface area contributed by atoms with Gasteiger partial charge in [-0.15, -0.1) is 0 Å². The van der Waals surface area contributed by atoms with Gasteiger partial charge in [0.2, 0.25) is 0 Å². The molecule has 1 N–H and O–H groups in total. The lowest BCUT2D eigenvalue weighted by Gasteiger charge is -2.06. The molecule has 0 unspecified atom stereocenters. The summed E-state index contributed by atoms with van der Waals surface area (Å²) in [5.74, 6) is 0.0117. The summed E-state index contributed by atoms with van der Waals surface area (Å²) in [5.41, 5.74) is 3.55. The maximum Gasteiger partial charge on any atom is 0.338 e. The number of aromatic hydroxyl groups is 1. The quantitative estimate of drug-likeness (QED) is 0.865. The van der Waals surface area contributed by atoms with Crippen molar-refractivity contribution < 1.29 is 14.6 Å². The molecule has 0 atom stereocenters. The Bertz CT molecular complexity index is 600. The molecule has 0 spiro atoms. The first-order valence-electron chi connectivity index (χ1n) is 6.64. The van der Waals surface area contributed by atoms with Crippen molar-refractivity contribution in [2.75, 3.05) is 6.61 Å². The molecule has 0 amide bonds. The van der Waals surface area contributed by atoms with Gasteiger partial charge >= 0.3 is 5.97 Å². The Morgan fingerprint density at radius 3 is 2.35 bits per heavy atom. The number of phenols is 1. The second-order valence-electron chi connectivity index (χ2n) is 4.72. The zero-order valence-corrected chi connectivity index (χ0v) is 11.7. The van der Waals surface area contributed by atoms with Crippen LogP contribution in [0.5, 0.6) is 5.75 Å². The van der Waals surface area contributed by atoms with Crippen molar-refractivity contribution in [2.24, 2.45) is 0 Å². The fourth-order valence-corrected chi connectivity index (χ4v) is 1.97. The average molecular weight is 270 g/mol. The van der Waals surface area contributed by atoms with E-state index in [-0.39, 0.29) is 5.97 Å². The molecular weight excluding hydrogens is 252 g/mol. The smallest absolute Gasteiger partial charge is 0.338 e. The maximum absolute atomic E-state index is 11.5. The Morgan fingerprint density at radius 2 is 1.75 bits per heavy atom. The molecule has 0 bridgehead atoms. The average Bonchev–Trinajstić information content (AvgIpc) is 2.44. The Morgan fingerprint density at radius 1 is 1.10 bits per heavy atom. The van der Waals surface area contributed by atoms with Gasteiger partial charge < -0.3 is 9.84 Å². The van der Waals surface area contributed by atoms with Crippen LogP contribution in [0.1, 0.15) is 34.0 Å². The number of carbonyl (C=O) groups excluding carboxylic acids is 1. The molecule has 0 aromatic heterocycles. The highest BCUT2D eigenvalue weighted by Crippen LogP contribution is 2.20. The van der Waals surface area contributed by atoms with E-state index in [4.69, 9.17) is 4.74 Å². The summed E-state index contributed by atoms with van der Waals surface area (Å²) in [6, 6.07) is 13.0. The number of carbonyl (C=O) groups is 1. The zero-order valence-electron chi connectivity index (χ0n) is 11.7. The lowest BCUT2D eigenvalue weighted by atomic mass is 10.0. The van der Waals surface area contributed by atoms with Gasteiger partial charge in [-0.25, -0.2) is 4.79 Å². The van der Waals surface area contributed by atoms with E-state index in [0.717, 1.165) is 23.1 Å². The van der Waals surface area contributed by atoms with E-state index in [0.29, 0.717) is 17.9 Å². The number of rotatable bonds is 4. The number of phenolic OH excluding ortho intramolecular Hbond substituents is 1. The summed E-state index contributed by atoms with van der Waals surface area (Å²) in [7, 11) is 0. The molecule has 0 saturated heterocycles. The van der Waals surface area contributed by atoms with E-state index in [9.17, 15) is 9.90 Å². The molecule has 0 fully saturated rings. The number of aryl methyl sites for hydroxylation is 1. The predicted molar refractivity (Wildman–Crippen MR) is 78.0 cm³/mol. The van der Waals surface area contributed by atoms with Crippen molar-refractivity contribution in [1.82, 2.24) is 0 Å². The van der Waals surface area contributed by atoms with Crippen LogP contribution in [0.25, 0.3) is 0 Å². The standard InChI is InChI=1S/C17H18O3/c1-3-20-17(19)15-8-6-13(7-9-15)10-14-5-4-12(2)16(18)11-14/h4-9,11,18H,3,10H2,1-2H3. The minimum atomic E-state index is -0.299. The fraction of sp³-hybridized carbons (Fsp3) is 0.235. The van der Waals surface area contributed by atoms with E-state index in [1.54, 1.807) is 25.1 Å². The monoisotopic (exact) mass is 270 g/mol. The van der Waals surface area contributed by atoms with E-state index >= 15 is 0 Å². The summed E-state index contributed by atoms with van der Waals surface area (Å²) >= 11 is 0. The summed E-state index contributed by atoms with van der Waals surface area (Å²) in [6.07, 6.45) is 0.719. The molecule has 2 aromatic rings. The second kappa shape index (κ2) is 6.24. The highest BCUT2D eigenvalue weighted by Gasteiger charge is 2.06. The van der Waals surface area contributed by atoms with Gasteiger partial charge in [-0.05, 0) is 55.2 Å². The number of esters is 1. The third kappa shape index (κ3) is 3.38. The third-order valence-electron chi connectivity index (χ3n) is 3.15. The molecule has 3 heteroatoms. The summed E-state index contributed by atoms with van der Waals surface area (Å²) in [5, 5.41) is 9.69. The van der Waals surface area contributed by atoms with E-state index in [1.165, 1.54) is 0 Å². The largest absolute Gasteiger partial charge is 0.508 e. The Hall–Kier alpha value is -2.29. The van der Waals surface area contributed by atoms with Gasteiger partial charge in [-0.2, -0.15) is 0 Å². The Balaban J connectivity index is 2.10. The van der Waals surface area contributed by atoms with Crippen molar-refractivity contribution in [3.8, 4) is 5.75 Å². The fourth-order valence-electron chi connectivity index (χ4n) is 1.97. The molecule has 104 valence electrons. The molecule has 0 aliphatic carbocycles. The van der Waals surface area contributed by atoms with Crippen LogP contribution >= 0.6 is 0 Å². The van der Waals surface area contributed by atoms with Crippen LogP contribution in [0, 0.1) is 6.92 Å². The molecule has 0 aliphatic rings. The minimum Gasteiger partial charge on any atom is -0.508 e. The number of benzene rings is 2. The normalized spacial score (nSPS) is 10.3. The van der Waals surface area contributed by atoms with Gasteiger partial charge in [0.05, 0.1) is 12.2 Å². The van der Waals surface area contributed by atoms with Crippen LogP contribution in [0.15, 0.2) is 42.5 Å². The van der Waals surface area contributed by atoms with Crippen molar-refractivity contribution in [1.29, 1.82) is 0 Å². The zero-order chi connectivity index (χ0) is 14.5. The molecule has 0 saturated carbocycles. The van der Waals surface area contributed by atoms with E-state index in [2.05, 4.69) is 0 Å². The molecule has 0 aliphatic heterocycles. The lowest BCUT2D eigenvalue weighted by Crippen LogP contribution is -2.04. The maximum atomic E-state index is 11.5. The van der Waals surface area contributed by atoms with Crippen molar-refractivity contribution in [3.63, 3.8) is 0 Å². The van der Waals surface area contributed by atoms with Gasteiger partial charge in [0.1, 0.15) is 5.75 Å². The third-order valence-corrected chi connectivity index (χ3v) is 3.15. The number of hydrogen-bond acceptors (Lipinski definition) is 3. The predicted octanol–water partition coefficient (Wildman–Crippen LogP) is 3.47. The molecule has 0 heterocycles. The molecule has 20 heavy (non-hydrogen) atoms. The highest BCUT2D eigenvalue weighted by molar-refractivity contribution is 5.89. The van der Waals surface area contributed by atoms with Crippen LogP contribution in [-0.4, -0.2) is 17.7 Å². The van der Waals surface area contributed by atoms with E-state index in [1.807, 2.05) is 31.2 Å². The second-order valence-corrected chi connectivity index (χ2v) is 4.72. The topological polar surface area (TPSA) is 46.5 Å². The summed E-state index contributed by atoms with van der Waals surface area (Å²) in [6.45, 7) is 4.03. The van der Waals surface area contributed by atoms with Gasteiger partial charge in [0.25, 0.3) is 0 Å². The van der Waals surface area contributed by atoms with Crippen LogP contribution in [0.3, 0.4) is 0 Å². The molecule has 0 radical (unpaired) electrons. The highest BCUT2D eigenvalue weighted by atomic mass is 16.5. The SMILES string of the molecule is CCOC(=O)c1ccc(Cc2ccc(C)c(O)c2)cc1. The summed E-state index contributed by atoms with van der Waals surface area (Å²) in [4.78, 5) is 11.5. The Labute approximate surface area is 118 Å². The van der Waals surface area contributed by atoms with Crippen molar-refractivity contribution >= 4 is 5.97 Å². The van der Waals surface area contributed by atoms with Crippen LogP contribution < -0.4 is 0 Å². The van der Waals surface area contributed by atoms with Crippen LogP contribution in [0.4, 0.5) is 0 Å². The first-order chi connectivity index (χ1) is 9.60. The van der Waals surface area contributed by atoms with Crippen molar-refractivity contribution in [3.05, 3.63) is 64.7 Å². The van der Waals surface area contributed by atoms with Crippen molar-refractivity contribution in [2.45, 2.75) is 20.3 Å². The number of ether oxygens (including phenoxy) is 1. The lowest BCUT2D eigenvalue weighted by molar-refractivity contribution is 0.0526. The van der Waals surface area contributed by atoms with Gasteiger partial charge in [0, 0.05) is 0 Å². The number of hydrogen-bond donors (Lipinski definition) is 1. The first kappa shape index (κ1) is 14.1. The van der Waals surface area contributed by atoms with Crippen LogP contribution in [-0.2, 0) is 11.2 Å². The molecule has 3 nitrogen and oxygen atoms in total. The Kier molecular flexibility index (Phi) is 4.41. The van der Waals surface area contributed by atoms with Gasteiger partial charge in [-0.1, -0.05) is 24.3 Å². The minimum absolute atomic E-state index is 0.299. The first-order valence-corrected chi connectivity index (χ1v) is 6.64. The van der Waals surface area contributed by atoms with E-state index < -0.39 is 0 Å². The molecule has 2 rings (SSSR count). The molecule has 2 aromatic carbocycles. The summed E-state index contributed by atoms with van der Waals surface area (Å²) < 4.78 is 4.94.